The van der Waals surface area contributed by atoms with Gasteiger partial charge in [-0.2, -0.15) is 0 Å². The third kappa shape index (κ3) is 2.82. The van der Waals surface area contributed by atoms with Crippen molar-refractivity contribution >= 4 is 0 Å². The summed E-state index contributed by atoms with van der Waals surface area (Å²) in [7, 11) is 0. The van der Waals surface area contributed by atoms with Crippen LogP contribution in [0, 0.1) is 6.92 Å². The molecule has 4 aromatic rings. The number of para-hydroxylation sites is 1. The van der Waals surface area contributed by atoms with Gasteiger partial charge in [0.15, 0.2) is 0 Å². The van der Waals surface area contributed by atoms with Crippen LogP contribution in [0.2, 0.25) is 0 Å². The molecule has 0 saturated heterocycles. The average Bonchev–Trinajstić information content (AvgIpc) is 2.73. The molecular formula is C26H22O. The van der Waals surface area contributed by atoms with Crippen molar-refractivity contribution in [3.05, 3.63) is 137 Å². The normalized spacial score (nSPS) is 11.3. The van der Waals surface area contributed by atoms with Crippen LogP contribution in [-0.4, -0.2) is 5.11 Å². The minimum atomic E-state index is -0.598. The van der Waals surface area contributed by atoms with Gasteiger partial charge in [-0.3, -0.25) is 0 Å². The minimum Gasteiger partial charge on any atom is -0.508 e. The van der Waals surface area contributed by atoms with Gasteiger partial charge >= 0.3 is 0 Å². The standard InChI is InChI=1S/C26H22O/c1-20-12-8-9-17-23(20)26(21-13-4-2-5-14-21,22-15-6-3-7-16-22)24-18-10-11-19-25(24)27/h2-19,27H,1H3. The van der Waals surface area contributed by atoms with Crippen LogP contribution >= 0.6 is 0 Å². The second-order valence-corrected chi connectivity index (χ2v) is 6.81. The Morgan fingerprint density at radius 2 is 0.963 bits per heavy atom. The molecular weight excluding hydrogens is 328 g/mol. The van der Waals surface area contributed by atoms with Crippen molar-refractivity contribution in [2.75, 3.05) is 0 Å². The number of aryl methyl sites for hydroxylation is 1. The Balaban J connectivity index is 2.20. The van der Waals surface area contributed by atoms with Crippen molar-refractivity contribution in [1.82, 2.24) is 0 Å². The molecule has 0 spiro atoms. The minimum absolute atomic E-state index is 0.299. The molecule has 0 aliphatic carbocycles. The van der Waals surface area contributed by atoms with Gasteiger partial charge in [0.2, 0.25) is 0 Å². The van der Waals surface area contributed by atoms with E-state index in [0.717, 1.165) is 16.7 Å². The molecule has 0 heterocycles. The molecule has 0 atom stereocenters. The smallest absolute Gasteiger partial charge is 0.120 e. The maximum absolute atomic E-state index is 10.9. The van der Waals surface area contributed by atoms with E-state index in [4.69, 9.17) is 0 Å². The van der Waals surface area contributed by atoms with Crippen molar-refractivity contribution in [2.24, 2.45) is 0 Å². The molecule has 27 heavy (non-hydrogen) atoms. The topological polar surface area (TPSA) is 20.2 Å². The van der Waals surface area contributed by atoms with Crippen LogP contribution in [0.4, 0.5) is 0 Å². The van der Waals surface area contributed by atoms with E-state index in [9.17, 15) is 5.11 Å². The summed E-state index contributed by atoms with van der Waals surface area (Å²) in [5.41, 5.74) is 4.91. The molecule has 0 saturated carbocycles. The number of hydrogen-bond acceptors (Lipinski definition) is 1. The number of aromatic hydroxyl groups is 1. The lowest BCUT2D eigenvalue weighted by molar-refractivity contribution is 0.460. The van der Waals surface area contributed by atoms with Crippen molar-refractivity contribution in [2.45, 2.75) is 12.3 Å². The lowest BCUT2D eigenvalue weighted by atomic mass is 9.64. The Hall–Kier alpha value is -3.32. The third-order valence-electron chi connectivity index (χ3n) is 5.27. The fourth-order valence-electron chi connectivity index (χ4n) is 4.09. The van der Waals surface area contributed by atoms with Gasteiger partial charge < -0.3 is 5.11 Å². The van der Waals surface area contributed by atoms with Gasteiger partial charge in [-0.1, -0.05) is 103 Å². The van der Waals surface area contributed by atoms with E-state index >= 15 is 0 Å². The van der Waals surface area contributed by atoms with Crippen molar-refractivity contribution in [1.29, 1.82) is 0 Å². The summed E-state index contributed by atoms with van der Waals surface area (Å²) in [6, 6.07) is 37.0. The van der Waals surface area contributed by atoms with Gasteiger partial charge in [-0.05, 0) is 35.2 Å². The summed E-state index contributed by atoms with van der Waals surface area (Å²) < 4.78 is 0. The first-order valence-electron chi connectivity index (χ1n) is 9.20. The van der Waals surface area contributed by atoms with Crippen LogP contribution in [-0.2, 0) is 5.41 Å². The maximum Gasteiger partial charge on any atom is 0.120 e. The zero-order valence-corrected chi connectivity index (χ0v) is 15.3. The van der Waals surface area contributed by atoms with Crippen LogP contribution in [0.1, 0.15) is 27.8 Å². The third-order valence-corrected chi connectivity index (χ3v) is 5.27. The summed E-state index contributed by atoms with van der Waals surface area (Å²) in [5, 5.41) is 10.9. The van der Waals surface area contributed by atoms with Crippen LogP contribution in [0.25, 0.3) is 0 Å². The molecule has 4 aromatic carbocycles. The summed E-state index contributed by atoms with van der Waals surface area (Å²) >= 11 is 0. The molecule has 0 fully saturated rings. The van der Waals surface area contributed by atoms with Gasteiger partial charge in [-0.25, -0.2) is 0 Å². The molecule has 0 aromatic heterocycles. The summed E-state index contributed by atoms with van der Waals surface area (Å²) in [6.07, 6.45) is 0. The molecule has 0 unspecified atom stereocenters. The Morgan fingerprint density at radius 3 is 1.48 bits per heavy atom. The first-order valence-corrected chi connectivity index (χ1v) is 9.20. The van der Waals surface area contributed by atoms with E-state index in [1.54, 1.807) is 6.07 Å². The van der Waals surface area contributed by atoms with Gasteiger partial charge in [0.05, 0.1) is 5.41 Å². The predicted molar refractivity (Wildman–Crippen MR) is 111 cm³/mol. The quantitative estimate of drug-likeness (QED) is 0.442. The number of rotatable bonds is 4. The Kier molecular flexibility index (Phi) is 4.52. The van der Waals surface area contributed by atoms with E-state index in [1.165, 1.54) is 11.1 Å². The summed E-state index contributed by atoms with van der Waals surface area (Å²) in [5.74, 6) is 0.299. The molecule has 1 nitrogen and oxygen atoms in total. The molecule has 0 aliphatic heterocycles. The van der Waals surface area contributed by atoms with E-state index in [2.05, 4.69) is 79.7 Å². The highest BCUT2D eigenvalue weighted by molar-refractivity contribution is 5.64. The first-order chi connectivity index (χ1) is 13.2. The van der Waals surface area contributed by atoms with E-state index < -0.39 is 5.41 Å². The largest absolute Gasteiger partial charge is 0.508 e. The van der Waals surface area contributed by atoms with Gasteiger partial charge in [-0.15, -0.1) is 0 Å². The fraction of sp³-hybridized carbons (Fsp3) is 0.0769. The Labute approximate surface area is 160 Å². The Bertz CT molecular complexity index is 949. The summed E-state index contributed by atoms with van der Waals surface area (Å²) in [6.45, 7) is 2.13. The van der Waals surface area contributed by atoms with Crippen molar-refractivity contribution in [3.63, 3.8) is 0 Å². The van der Waals surface area contributed by atoms with Crippen LogP contribution in [0.3, 0.4) is 0 Å². The molecule has 0 amide bonds. The molecule has 4 rings (SSSR count). The molecule has 132 valence electrons. The van der Waals surface area contributed by atoms with Crippen LogP contribution in [0.15, 0.2) is 109 Å². The number of phenols is 1. The Morgan fingerprint density at radius 1 is 0.519 bits per heavy atom. The van der Waals surface area contributed by atoms with Crippen LogP contribution in [0.5, 0.6) is 5.75 Å². The number of benzene rings is 4. The molecule has 1 heteroatoms. The lowest BCUT2D eigenvalue weighted by Crippen LogP contribution is -2.32. The second-order valence-electron chi connectivity index (χ2n) is 6.81. The van der Waals surface area contributed by atoms with Gasteiger partial charge in [0, 0.05) is 5.56 Å². The molecule has 1 N–H and O–H groups in total. The maximum atomic E-state index is 10.9. The molecule has 0 bridgehead atoms. The number of hydrogen-bond donors (Lipinski definition) is 1. The van der Waals surface area contributed by atoms with E-state index in [1.807, 2.05) is 30.3 Å². The van der Waals surface area contributed by atoms with Crippen molar-refractivity contribution in [3.8, 4) is 5.75 Å². The highest BCUT2D eigenvalue weighted by Crippen LogP contribution is 2.48. The lowest BCUT2D eigenvalue weighted by Gasteiger charge is -2.38. The first kappa shape index (κ1) is 17.1. The van der Waals surface area contributed by atoms with E-state index in [0.29, 0.717) is 5.75 Å². The van der Waals surface area contributed by atoms with Gasteiger partial charge in [0.25, 0.3) is 0 Å². The highest BCUT2D eigenvalue weighted by Gasteiger charge is 2.40. The predicted octanol–water partition coefficient (Wildman–Crippen LogP) is 6.08. The monoisotopic (exact) mass is 350 g/mol. The van der Waals surface area contributed by atoms with Gasteiger partial charge in [0.1, 0.15) is 5.75 Å². The summed E-state index contributed by atoms with van der Waals surface area (Å²) in [4.78, 5) is 0. The second kappa shape index (κ2) is 7.13. The van der Waals surface area contributed by atoms with E-state index in [-0.39, 0.29) is 0 Å². The SMILES string of the molecule is Cc1ccccc1C(c1ccccc1)(c1ccccc1)c1ccccc1O. The highest BCUT2D eigenvalue weighted by atomic mass is 16.3. The van der Waals surface area contributed by atoms with Crippen LogP contribution < -0.4 is 0 Å². The number of phenolic OH excluding ortho intramolecular Hbond substituents is 1. The molecule has 0 radical (unpaired) electrons. The van der Waals surface area contributed by atoms with Crippen molar-refractivity contribution < 1.29 is 5.11 Å². The zero-order valence-electron chi connectivity index (χ0n) is 15.3. The zero-order chi connectivity index (χ0) is 18.7. The molecule has 0 aliphatic rings. The fourth-order valence-corrected chi connectivity index (χ4v) is 4.09. The average molecular weight is 350 g/mol.